The first-order valence-electron chi connectivity index (χ1n) is 10.4. The minimum Gasteiger partial charge on any atom is -0.495 e. The summed E-state index contributed by atoms with van der Waals surface area (Å²) < 4.78 is 38.1. The highest BCUT2D eigenvalue weighted by Crippen LogP contribution is 2.29. The van der Waals surface area contributed by atoms with Crippen molar-refractivity contribution >= 4 is 21.9 Å². The fraction of sp³-hybridized carbons (Fsp3) is 0.619. The van der Waals surface area contributed by atoms with Crippen LogP contribution in [0.2, 0.25) is 0 Å². The van der Waals surface area contributed by atoms with E-state index in [9.17, 15) is 18.0 Å². The maximum atomic E-state index is 13.2. The maximum Gasteiger partial charge on any atom is 0.338 e. The summed E-state index contributed by atoms with van der Waals surface area (Å²) in [6.07, 6.45) is 5.35. The van der Waals surface area contributed by atoms with Gasteiger partial charge in [-0.05, 0) is 44.4 Å². The van der Waals surface area contributed by atoms with Crippen molar-refractivity contribution in [2.45, 2.75) is 63.3 Å². The molecule has 1 N–H and O–H groups in total. The van der Waals surface area contributed by atoms with Crippen molar-refractivity contribution in [1.29, 1.82) is 0 Å². The van der Waals surface area contributed by atoms with Gasteiger partial charge in [-0.2, -0.15) is 4.31 Å². The van der Waals surface area contributed by atoms with Crippen LogP contribution in [-0.4, -0.2) is 57.4 Å². The summed E-state index contributed by atoms with van der Waals surface area (Å²) in [7, 11) is -2.43. The average molecular weight is 441 g/mol. The van der Waals surface area contributed by atoms with Crippen LogP contribution in [0.15, 0.2) is 23.1 Å². The summed E-state index contributed by atoms with van der Waals surface area (Å²) >= 11 is 0. The number of hydrogen-bond acceptors (Lipinski definition) is 6. The number of amides is 1. The van der Waals surface area contributed by atoms with Crippen LogP contribution in [0.3, 0.4) is 0 Å². The van der Waals surface area contributed by atoms with Crippen LogP contribution in [0.25, 0.3) is 0 Å². The van der Waals surface area contributed by atoms with Crippen LogP contribution in [0, 0.1) is 0 Å². The van der Waals surface area contributed by atoms with E-state index in [1.165, 1.54) is 29.6 Å². The van der Waals surface area contributed by atoms with Gasteiger partial charge >= 0.3 is 5.97 Å². The van der Waals surface area contributed by atoms with Crippen LogP contribution in [-0.2, 0) is 19.6 Å². The Hall–Kier alpha value is -2.13. The van der Waals surface area contributed by atoms with Crippen molar-refractivity contribution in [3.8, 4) is 5.75 Å². The molecule has 0 radical (unpaired) electrons. The number of benzene rings is 1. The highest BCUT2D eigenvalue weighted by molar-refractivity contribution is 7.89. The largest absolute Gasteiger partial charge is 0.495 e. The molecule has 1 atom stereocenters. The summed E-state index contributed by atoms with van der Waals surface area (Å²) in [5.74, 6) is -0.986. The smallest absolute Gasteiger partial charge is 0.338 e. The highest BCUT2D eigenvalue weighted by Gasteiger charge is 2.29. The lowest BCUT2D eigenvalue weighted by atomic mass is 10.2. The minimum atomic E-state index is -3.82. The molecule has 1 heterocycles. The van der Waals surface area contributed by atoms with E-state index in [1.54, 1.807) is 0 Å². The summed E-state index contributed by atoms with van der Waals surface area (Å²) in [4.78, 5) is 24.3. The molecule has 0 saturated carbocycles. The molecule has 9 heteroatoms. The number of hydrogen-bond donors (Lipinski definition) is 1. The molecule has 1 aromatic rings. The number of esters is 1. The number of nitrogens with one attached hydrogen (secondary N) is 1. The quantitative estimate of drug-likeness (QED) is 0.593. The lowest BCUT2D eigenvalue weighted by Crippen LogP contribution is -2.35. The second-order valence-corrected chi connectivity index (χ2v) is 9.42. The van der Waals surface area contributed by atoms with E-state index in [0.717, 1.165) is 38.5 Å². The second kappa shape index (κ2) is 11.3. The van der Waals surface area contributed by atoms with Crippen molar-refractivity contribution in [3.05, 3.63) is 23.8 Å². The molecule has 2 rings (SSSR count). The average Bonchev–Trinajstić information content (AvgIpc) is 3.01. The minimum absolute atomic E-state index is 0.00689. The Bertz CT molecular complexity index is 832. The second-order valence-electron chi connectivity index (χ2n) is 7.52. The van der Waals surface area contributed by atoms with E-state index in [0.29, 0.717) is 13.1 Å². The molecule has 0 spiro atoms. The number of rotatable bonds is 9. The normalized spacial score (nSPS) is 16.4. The maximum absolute atomic E-state index is 13.2. The third-order valence-electron chi connectivity index (χ3n) is 5.05. The molecule has 1 aliphatic heterocycles. The molecule has 0 aromatic heterocycles. The van der Waals surface area contributed by atoms with Crippen LogP contribution < -0.4 is 10.1 Å². The van der Waals surface area contributed by atoms with Crippen molar-refractivity contribution < 1.29 is 27.5 Å². The molecule has 1 fully saturated rings. The monoisotopic (exact) mass is 440 g/mol. The van der Waals surface area contributed by atoms with Crippen LogP contribution in [0.5, 0.6) is 5.75 Å². The standard InChI is InChI=1S/C21H32N2O6S/c1-4-9-16(2)22-20(24)15-29-21(25)17-10-11-18(28-3)19(14-17)30(26,27)23-12-7-5-6-8-13-23/h10-11,14,16H,4-9,12-13,15H2,1-3H3,(H,22,24)/t16-/m1/s1. The molecule has 1 saturated heterocycles. The van der Waals surface area contributed by atoms with Gasteiger partial charge in [0.15, 0.2) is 6.61 Å². The van der Waals surface area contributed by atoms with Gasteiger partial charge in [0, 0.05) is 19.1 Å². The Balaban J connectivity index is 2.14. The number of sulfonamides is 1. The fourth-order valence-corrected chi connectivity index (χ4v) is 5.16. The predicted octanol–water partition coefficient (Wildman–Crippen LogP) is 2.72. The summed E-state index contributed by atoms with van der Waals surface area (Å²) in [6.45, 7) is 4.36. The Kier molecular flexibility index (Phi) is 9.10. The zero-order valence-electron chi connectivity index (χ0n) is 18.0. The lowest BCUT2D eigenvalue weighted by molar-refractivity contribution is -0.124. The number of carbonyl (C=O) groups is 2. The summed E-state index contributed by atoms with van der Waals surface area (Å²) in [5.41, 5.74) is 0.0543. The zero-order chi connectivity index (χ0) is 22.1. The molecule has 0 bridgehead atoms. The molecule has 0 aliphatic carbocycles. The van der Waals surface area contributed by atoms with E-state index < -0.39 is 28.5 Å². The van der Waals surface area contributed by atoms with Gasteiger partial charge in [0.1, 0.15) is 10.6 Å². The zero-order valence-corrected chi connectivity index (χ0v) is 18.8. The predicted molar refractivity (Wildman–Crippen MR) is 113 cm³/mol. The van der Waals surface area contributed by atoms with E-state index in [-0.39, 0.29) is 22.3 Å². The van der Waals surface area contributed by atoms with E-state index in [1.807, 2.05) is 13.8 Å². The van der Waals surface area contributed by atoms with Crippen LogP contribution in [0.1, 0.15) is 62.7 Å². The molecule has 1 amide bonds. The van der Waals surface area contributed by atoms with E-state index >= 15 is 0 Å². The summed E-state index contributed by atoms with van der Waals surface area (Å²) in [6, 6.07) is 4.12. The Morgan fingerprint density at radius 1 is 1.17 bits per heavy atom. The van der Waals surface area contributed by atoms with E-state index in [2.05, 4.69) is 5.32 Å². The first-order valence-corrected chi connectivity index (χ1v) is 11.9. The Morgan fingerprint density at radius 2 is 1.83 bits per heavy atom. The van der Waals surface area contributed by atoms with Crippen molar-refractivity contribution in [1.82, 2.24) is 9.62 Å². The molecular weight excluding hydrogens is 408 g/mol. The summed E-state index contributed by atoms with van der Waals surface area (Å²) in [5, 5.41) is 2.75. The van der Waals surface area contributed by atoms with Gasteiger partial charge in [0.05, 0.1) is 12.7 Å². The van der Waals surface area contributed by atoms with Gasteiger partial charge in [0.2, 0.25) is 10.0 Å². The molecule has 1 aliphatic rings. The topological polar surface area (TPSA) is 102 Å². The van der Waals surface area contributed by atoms with Crippen LogP contribution >= 0.6 is 0 Å². The van der Waals surface area contributed by atoms with Gasteiger partial charge in [-0.3, -0.25) is 4.79 Å². The molecule has 30 heavy (non-hydrogen) atoms. The van der Waals surface area contributed by atoms with Crippen molar-refractivity contribution in [3.63, 3.8) is 0 Å². The number of carbonyl (C=O) groups excluding carboxylic acids is 2. The Labute approximate surface area is 179 Å². The molecule has 1 aromatic carbocycles. The SMILES string of the molecule is CCC[C@@H](C)NC(=O)COC(=O)c1ccc(OC)c(S(=O)(=O)N2CCCCCC2)c1. The molecular formula is C21H32N2O6S. The highest BCUT2D eigenvalue weighted by atomic mass is 32.2. The first kappa shape index (κ1) is 24.1. The number of nitrogens with zero attached hydrogens (tertiary/aromatic N) is 1. The van der Waals surface area contributed by atoms with Gasteiger partial charge in [-0.1, -0.05) is 26.2 Å². The van der Waals surface area contributed by atoms with Crippen molar-refractivity contribution in [2.24, 2.45) is 0 Å². The van der Waals surface area contributed by atoms with Gasteiger partial charge in [-0.25, -0.2) is 13.2 Å². The van der Waals surface area contributed by atoms with Gasteiger partial charge in [-0.15, -0.1) is 0 Å². The first-order chi connectivity index (χ1) is 14.3. The lowest BCUT2D eigenvalue weighted by Gasteiger charge is -2.21. The Morgan fingerprint density at radius 3 is 2.43 bits per heavy atom. The number of methoxy groups -OCH3 is 1. The third kappa shape index (κ3) is 6.43. The van der Waals surface area contributed by atoms with Crippen LogP contribution in [0.4, 0.5) is 0 Å². The fourth-order valence-electron chi connectivity index (χ4n) is 3.46. The molecule has 8 nitrogen and oxygen atoms in total. The molecule has 168 valence electrons. The van der Waals surface area contributed by atoms with Crippen molar-refractivity contribution in [2.75, 3.05) is 26.8 Å². The van der Waals surface area contributed by atoms with Gasteiger partial charge in [0.25, 0.3) is 5.91 Å². The van der Waals surface area contributed by atoms with Gasteiger partial charge < -0.3 is 14.8 Å². The van der Waals surface area contributed by atoms with E-state index in [4.69, 9.17) is 9.47 Å². The third-order valence-corrected chi connectivity index (χ3v) is 6.97. The number of ether oxygens (including phenoxy) is 2. The molecule has 0 unspecified atom stereocenters.